The van der Waals surface area contributed by atoms with Crippen molar-refractivity contribution in [3.63, 3.8) is 0 Å². The van der Waals surface area contributed by atoms with Crippen molar-refractivity contribution in [2.45, 2.75) is 518 Å². The van der Waals surface area contributed by atoms with Crippen molar-refractivity contribution in [1.82, 2.24) is 0 Å². The molecule has 17 nitrogen and oxygen atoms in total. The number of benzene rings is 5. The van der Waals surface area contributed by atoms with Gasteiger partial charge in [-0.2, -0.15) is 0 Å². The van der Waals surface area contributed by atoms with E-state index in [-0.39, 0.29) is 61.6 Å². The summed E-state index contributed by atoms with van der Waals surface area (Å²) in [6.45, 7) is 47.7. The van der Waals surface area contributed by atoms with Gasteiger partial charge in [0.15, 0.2) is 23.0 Å². The molecule has 12 N–H and O–H groups in total. The van der Waals surface area contributed by atoms with Crippen LogP contribution in [-0.4, -0.2) is 91.1 Å². The minimum atomic E-state index is -0.680. The van der Waals surface area contributed by atoms with Gasteiger partial charge in [-0.3, -0.25) is 24.0 Å². The molecule has 0 spiro atoms. The van der Waals surface area contributed by atoms with Gasteiger partial charge in [-0.25, -0.2) is 0 Å². The number of carboxylic acids is 5. The van der Waals surface area contributed by atoms with Gasteiger partial charge in [-0.1, -0.05) is 244 Å². The molecular weight excluding hydrogens is 1760 g/mol. The number of phenols is 7. The van der Waals surface area contributed by atoms with Crippen LogP contribution in [-0.2, 0) is 88.2 Å². The fourth-order valence-electron chi connectivity index (χ4n) is 21.2. The lowest BCUT2D eigenvalue weighted by Crippen LogP contribution is -2.14. The maximum absolute atomic E-state index is 11.3. The zero-order valence-electron chi connectivity index (χ0n) is 92.5. The molecular formula is C124H198O17. The molecule has 0 bridgehead atoms. The lowest BCUT2D eigenvalue weighted by molar-refractivity contribution is -0.144. The molecule has 0 saturated heterocycles. The molecule has 5 saturated carbocycles. The fourth-order valence-corrected chi connectivity index (χ4v) is 21.2. The summed E-state index contributed by atoms with van der Waals surface area (Å²) in [7, 11) is 0. The molecule has 0 aliphatic heterocycles. The third-order valence-corrected chi connectivity index (χ3v) is 32.1. The number of rotatable bonds is 58. The summed E-state index contributed by atoms with van der Waals surface area (Å²) in [5.41, 5.74) is 20.0. The van der Waals surface area contributed by atoms with Crippen LogP contribution in [0.15, 0.2) is 42.5 Å². The Hall–Kier alpha value is -7.95. The van der Waals surface area contributed by atoms with Crippen LogP contribution in [0.25, 0.3) is 0 Å². The molecule has 10 rings (SSSR count). The Balaban J connectivity index is 0.000000270. The van der Waals surface area contributed by atoms with Crippen molar-refractivity contribution in [3.05, 3.63) is 131 Å². The zero-order chi connectivity index (χ0) is 105. The van der Waals surface area contributed by atoms with Crippen LogP contribution in [0.4, 0.5) is 0 Å². The van der Waals surface area contributed by atoms with Crippen molar-refractivity contribution in [1.29, 1.82) is 0 Å². The Bertz CT molecular complexity index is 4490. The molecule has 0 atom stereocenters. The highest BCUT2D eigenvalue weighted by atomic mass is 16.4. The molecule has 0 radical (unpaired) electrons. The molecule has 5 fully saturated rings. The van der Waals surface area contributed by atoms with E-state index in [4.69, 9.17) is 0 Å². The first-order chi connectivity index (χ1) is 66.0. The molecule has 0 aromatic heterocycles. The van der Waals surface area contributed by atoms with Gasteiger partial charge in [0.2, 0.25) is 0 Å². The predicted molar refractivity (Wildman–Crippen MR) is 579 cm³/mol. The first-order valence-corrected chi connectivity index (χ1v) is 55.6. The number of unbranched alkanes of at least 4 members (excludes halogenated alkanes) is 18. The quantitative estimate of drug-likeness (QED) is 0.00977. The highest BCUT2D eigenvalue weighted by Crippen LogP contribution is 2.55. The molecule has 0 heterocycles. The lowest BCUT2D eigenvalue weighted by Gasteiger charge is -2.20. The maximum atomic E-state index is 11.3. The minimum absolute atomic E-state index is 0.0327. The van der Waals surface area contributed by atoms with Crippen LogP contribution < -0.4 is 0 Å². The van der Waals surface area contributed by atoms with Crippen LogP contribution in [0.3, 0.4) is 0 Å². The Morgan fingerprint density at radius 1 is 0.227 bits per heavy atom. The maximum Gasteiger partial charge on any atom is 0.309 e. The zero-order valence-corrected chi connectivity index (χ0v) is 92.5. The summed E-state index contributed by atoms with van der Waals surface area (Å²) in [4.78, 5) is 56.3. The summed E-state index contributed by atoms with van der Waals surface area (Å²) >= 11 is 0. The second-order valence-corrected chi connectivity index (χ2v) is 50.7. The first kappa shape index (κ1) is 122. The van der Waals surface area contributed by atoms with Crippen molar-refractivity contribution in [3.8, 4) is 40.2 Å². The summed E-state index contributed by atoms with van der Waals surface area (Å²) < 4.78 is 0. The van der Waals surface area contributed by atoms with Crippen LogP contribution in [0, 0.1) is 95.7 Å². The molecule has 5 aromatic carbocycles. The topological polar surface area (TPSA) is 328 Å². The highest BCUT2D eigenvalue weighted by molar-refractivity contribution is 5.79. The van der Waals surface area contributed by atoms with Crippen molar-refractivity contribution < 1.29 is 85.3 Å². The minimum Gasteiger partial charge on any atom is -0.508 e. The largest absolute Gasteiger partial charge is 0.508 e. The third-order valence-electron chi connectivity index (χ3n) is 32.1. The number of carboxylic acid groups (broad SMARTS) is 5. The molecule has 17 heteroatoms. The lowest BCUT2D eigenvalue weighted by atomic mass is 9.85. The van der Waals surface area contributed by atoms with E-state index in [0.717, 1.165) is 255 Å². The van der Waals surface area contributed by atoms with E-state index in [2.05, 4.69) is 164 Å². The van der Waals surface area contributed by atoms with Crippen LogP contribution >= 0.6 is 0 Å². The van der Waals surface area contributed by atoms with Crippen LogP contribution in [0.2, 0.25) is 0 Å². The monoisotopic (exact) mass is 1960 g/mol. The Morgan fingerprint density at radius 3 is 0.702 bits per heavy atom. The van der Waals surface area contributed by atoms with Crippen LogP contribution in [0.5, 0.6) is 40.2 Å². The second-order valence-electron chi connectivity index (χ2n) is 50.7. The summed E-state index contributed by atoms with van der Waals surface area (Å²) in [6, 6.07) is 13.1. The van der Waals surface area contributed by atoms with E-state index in [1.54, 1.807) is 22.3 Å². The van der Waals surface area contributed by atoms with Crippen molar-refractivity contribution >= 4 is 29.8 Å². The van der Waals surface area contributed by atoms with Crippen LogP contribution in [0.1, 0.15) is 501 Å². The van der Waals surface area contributed by atoms with Gasteiger partial charge < -0.3 is 61.3 Å². The predicted octanol–water partition coefficient (Wildman–Crippen LogP) is 33.0. The molecule has 141 heavy (non-hydrogen) atoms. The number of hydrogen-bond acceptors (Lipinski definition) is 12. The number of aliphatic carboxylic acids is 5. The molecule has 5 aliphatic carbocycles. The SMILES string of the molecule is CC(C)(C)CCCCCCc1cccc(O)c1CCCCCCC1(C(=O)O)CC1.CC(C)(C)CCCCc1c(O)c(O)cc(O)c1CCCCCC1(C(=O)O)CC1.CC(C)(C)CCCCc1c(O)cc(O)c(O)c1CCCCCC1(C(=O)O)CC1.Cc1cc(C)c(CCCCC(C)(C)C)c(CCCCCC2(C(=O)O)CC2)c1C.Cc1cc(C)c(CCCCCC2(C(=O)O)CC2)c(CCCCC(C)(C)C)c1C. The highest BCUT2D eigenvalue weighted by Gasteiger charge is 2.52. The van der Waals surface area contributed by atoms with Gasteiger partial charge in [0, 0.05) is 34.4 Å². The summed E-state index contributed by atoms with van der Waals surface area (Å²) in [6.07, 6.45) is 57.7. The first-order valence-electron chi connectivity index (χ1n) is 55.6. The normalized spacial score (nSPS) is 15.6. The van der Waals surface area contributed by atoms with E-state index in [1.165, 1.54) is 147 Å². The molecule has 0 amide bonds. The fraction of sp³-hybridized carbons (Fsp3) is 0.718. The van der Waals surface area contributed by atoms with Gasteiger partial charge >= 0.3 is 29.8 Å². The standard InChI is InChI=1S/C26H42O3.2C26H42O2.2C23H36O5/c1-25(2,3)17-10-6-4-8-13-21-14-12-16-23(27)22(21)15-9-5-7-11-18-26(19-20-26)24(28)29;1-19-18-20(2)22(12-9-11-14-25(4,5)6)23(21(19)3)13-8-7-10-15-26(16-17-26)24(27)28;1-19-18-20(2)22(12-8-7-10-15-26(16-17-26)24(27)28)23(21(19)3)13-9-11-14-25(4,5)6;1-22(2,3)11-8-6-9-16-17(20(26)19(25)15-18(16)24)10-5-4-7-12-23(13-14-23)21(27)28;1-22(2,3)11-8-6-10-17-16(18(24)15-19(25)20(17)26)9-5-4-7-12-23(13-14-23)21(27)28/h12,14,16,27H,4-11,13,15,17-20H2,1-3H3,(H,28,29);2*18H,7-17H2,1-6H3,(H,27,28);2*15,24-26H,4-14H2,1-3H3,(H,27,28). The number of carbonyl (C=O) groups is 5. The van der Waals surface area contributed by atoms with Crippen molar-refractivity contribution in [2.75, 3.05) is 0 Å². The van der Waals surface area contributed by atoms with E-state index >= 15 is 0 Å². The second kappa shape index (κ2) is 56.1. The smallest absolute Gasteiger partial charge is 0.309 e. The molecule has 0 unspecified atom stereocenters. The van der Waals surface area contributed by atoms with E-state index in [0.29, 0.717) is 70.8 Å². The number of aromatic hydroxyl groups is 7. The molecule has 796 valence electrons. The molecule has 5 aromatic rings. The number of aryl methyl sites for hydroxylation is 5. The van der Waals surface area contributed by atoms with E-state index in [1.807, 2.05) is 12.1 Å². The van der Waals surface area contributed by atoms with E-state index in [9.17, 15) is 85.3 Å². The van der Waals surface area contributed by atoms with E-state index < -0.39 is 40.7 Å². The summed E-state index contributed by atoms with van der Waals surface area (Å²) in [5, 5.41) is 118. The Labute approximate surface area is 853 Å². The number of phenolic OH excluding ortho intramolecular Hbond substituents is 7. The average molecular weight is 1960 g/mol. The third kappa shape index (κ3) is 42.6. The van der Waals surface area contributed by atoms with Crippen molar-refractivity contribution in [2.24, 2.45) is 54.1 Å². The van der Waals surface area contributed by atoms with Gasteiger partial charge in [0.05, 0.1) is 27.1 Å². The average Bonchev–Trinajstić information content (AvgIpc) is 1.62. The summed E-state index contributed by atoms with van der Waals surface area (Å²) in [5.74, 6) is -3.39. The Morgan fingerprint density at radius 2 is 0.440 bits per heavy atom. The van der Waals surface area contributed by atoms with Gasteiger partial charge in [-0.15, -0.1) is 0 Å². The number of hydrogen-bond donors (Lipinski definition) is 12. The van der Waals surface area contributed by atoms with Gasteiger partial charge in [0.1, 0.15) is 17.2 Å². The van der Waals surface area contributed by atoms with Gasteiger partial charge in [0.25, 0.3) is 0 Å². The van der Waals surface area contributed by atoms with Gasteiger partial charge in [-0.05, 0) is 398 Å². The molecule has 5 aliphatic rings. The Kier molecular flexibility index (Phi) is 48.4.